The minimum absolute atomic E-state index is 0.0684. The highest BCUT2D eigenvalue weighted by atomic mass is 16.5. The lowest BCUT2D eigenvalue weighted by Crippen LogP contribution is -2.51. The second kappa shape index (κ2) is 6.29. The van der Waals surface area contributed by atoms with Crippen LogP contribution in [0.4, 0.5) is 0 Å². The van der Waals surface area contributed by atoms with Gasteiger partial charge in [0.2, 0.25) is 5.91 Å². The summed E-state index contributed by atoms with van der Waals surface area (Å²) in [7, 11) is 0. The zero-order chi connectivity index (χ0) is 13.0. The number of likely N-dealkylation sites (tertiary alicyclic amines) is 1. The number of nitrogens with zero attached hydrogens (tertiary/aromatic N) is 2. The molecule has 5 nitrogen and oxygen atoms in total. The number of hydrogen-bond acceptors (Lipinski definition) is 4. The molecule has 0 N–H and O–H groups in total. The average Bonchev–Trinajstić information content (AvgIpc) is 2.39. The summed E-state index contributed by atoms with van der Waals surface area (Å²) in [5.74, 6) is 0.124. The molecule has 0 spiro atoms. The molecular formula is C13H22N2O3. The predicted octanol–water partition coefficient (Wildman–Crippen LogP) is 0.287. The van der Waals surface area contributed by atoms with Gasteiger partial charge in [-0.15, -0.1) is 0 Å². The van der Waals surface area contributed by atoms with Crippen LogP contribution in [0, 0.1) is 0 Å². The molecule has 5 heteroatoms. The van der Waals surface area contributed by atoms with E-state index in [1.54, 1.807) is 0 Å². The van der Waals surface area contributed by atoms with Crippen LogP contribution in [0.5, 0.6) is 0 Å². The predicted molar refractivity (Wildman–Crippen MR) is 67.3 cm³/mol. The summed E-state index contributed by atoms with van der Waals surface area (Å²) in [4.78, 5) is 27.0. The zero-order valence-corrected chi connectivity index (χ0v) is 11.0. The first-order chi connectivity index (χ1) is 8.70. The number of piperidine rings is 1. The van der Waals surface area contributed by atoms with Crippen molar-refractivity contribution >= 4 is 12.2 Å². The van der Waals surface area contributed by atoms with E-state index in [0.29, 0.717) is 26.2 Å². The maximum Gasteiger partial charge on any atom is 0.236 e. The van der Waals surface area contributed by atoms with Crippen molar-refractivity contribution in [1.82, 2.24) is 9.80 Å². The first-order valence-corrected chi connectivity index (χ1v) is 6.79. The summed E-state index contributed by atoms with van der Waals surface area (Å²) < 4.78 is 5.43. The van der Waals surface area contributed by atoms with Gasteiger partial charge in [-0.1, -0.05) is 6.42 Å². The Morgan fingerprint density at radius 3 is 2.94 bits per heavy atom. The summed E-state index contributed by atoms with van der Waals surface area (Å²) in [5, 5.41) is 0. The maximum atomic E-state index is 12.2. The van der Waals surface area contributed by atoms with Gasteiger partial charge >= 0.3 is 0 Å². The molecular weight excluding hydrogens is 232 g/mol. The maximum absolute atomic E-state index is 12.2. The fraction of sp³-hybridized carbons (Fsp3) is 0.846. The summed E-state index contributed by atoms with van der Waals surface area (Å²) in [6.45, 7) is 5.16. The molecule has 2 fully saturated rings. The fourth-order valence-corrected chi connectivity index (χ4v) is 2.69. The van der Waals surface area contributed by atoms with Gasteiger partial charge < -0.3 is 14.4 Å². The third kappa shape index (κ3) is 3.29. The Morgan fingerprint density at radius 2 is 2.22 bits per heavy atom. The standard InChI is InChI=1S/C13H22N2O3/c1-11-8-15(6-7-18-11)13(17)9-14-5-3-2-4-12(14)10-16/h10-12H,2-9H2,1H3. The van der Waals surface area contributed by atoms with Crippen LogP contribution in [0.3, 0.4) is 0 Å². The summed E-state index contributed by atoms with van der Waals surface area (Å²) in [5.41, 5.74) is 0. The number of morpholine rings is 1. The average molecular weight is 254 g/mol. The Balaban J connectivity index is 1.87. The normalized spacial score (nSPS) is 30.2. The van der Waals surface area contributed by atoms with Gasteiger partial charge in [-0.2, -0.15) is 0 Å². The van der Waals surface area contributed by atoms with Crippen molar-refractivity contribution < 1.29 is 14.3 Å². The summed E-state index contributed by atoms with van der Waals surface area (Å²) in [6, 6.07) is -0.0684. The van der Waals surface area contributed by atoms with E-state index in [0.717, 1.165) is 32.1 Å². The van der Waals surface area contributed by atoms with Crippen LogP contribution in [0.1, 0.15) is 26.2 Å². The van der Waals surface area contributed by atoms with Gasteiger partial charge in [0.05, 0.1) is 25.3 Å². The van der Waals surface area contributed by atoms with Crippen molar-refractivity contribution in [2.75, 3.05) is 32.8 Å². The Hall–Kier alpha value is -0.940. The topological polar surface area (TPSA) is 49.9 Å². The van der Waals surface area contributed by atoms with E-state index in [1.165, 1.54) is 0 Å². The quantitative estimate of drug-likeness (QED) is 0.679. The number of carbonyl (C=O) groups excluding carboxylic acids is 2. The molecule has 102 valence electrons. The molecule has 1 amide bonds. The molecule has 18 heavy (non-hydrogen) atoms. The van der Waals surface area contributed by atoms with Crippen LogP contribution in [0.2, 0.25) is 0 Å². The monoisotopic (exact) mass is 254 g/mol. The van der Waals surface area contributed by atoms with Crippen LogP contribution in [0.15, 0.2) is 0 Å². The van der Waals surface area contributed by atoms with Gasteiger partial charge in [0.15, 0.2) is 0 Å². The lowest BCUT2D eigenvalue weighted by molar-refractivity contribution is -0.140. The van der Waals surface area contributed by atoms with Gasteiger partial charge in [0.1, 0.15) is 6.29 Å². The molecule has 2 aliphatic rings. The van der Waals surface area contributed by atoms with Gasteiger partial charge in [-0.3, -0.25) is 9.69 Å². The van der Waals surface area contributed by atoms with Crippen LogP contribution in [-0.4, -0.2) is 66.9 Å². The lowest BCUT2D eigenvalue weighted by atomic mass is 10.0. The largest absolute Gasteiger partial charge is 0.375 e. The van der Waals surface area contributed by atoms with Crippen molar-refractivity contribution in [3.05, 3.63) is 0 Å². The molecule has 2 unspecified atom stereocenters. The highest BCUT2D eigenvalue weighted by Crippen LogP contribution is 2.15. The third-order valence-corrected chi connectivity index (χ3v) is 3.75. The van der Waals surface area contributed by atoms with E-state index < -0.39 is 0 Å². The number of carbonyl (C=O) groups is 2. The Kier molecular flexibility index (Phi) is 4.72. The van der Waals surface area contributed by atoms with Gasteiger partial charge in [0, 0.05) is 13.1 Å². The minimum Gasteiger partial charge on any atom is -0.375 e. The van der Waals surface area contributed by atoms with E-state index in [4.69, 9.17) is 4.74 Å². The molecule has 0 aromatic carbocycles. The smallest absolute Gasteiger partial charge is 0.236 e. The van der Waals surface area contributed by atoms with E-state index >= 15 is 0 Å². The minimum atomic E-state index is -0.0684. The second-order valence-electron chi connectivity index (χ2n) is 5.19. The highest BCUT2D eigenvalue weighted by molar-refractivity contribution is 5.79. The first kappa shape index (κ1) is 13.5. The van der Waals surface area contributed by atoms with Gasteiger partial charge in [-0.05, 0) is 26.3 Å². The molecule has 0 aromatic heterocycles. The molecule has 2 atom stereocenters. The second-order valence-corrected chi connectivity index (χ2v) is 5.19. The van der Waals surface area contributed by atoms with E-state index in [9.17, 15) is 9.59 Å². The van der Waals surface area contributed by atoms with Crippen molar-refractivity contribution in [3.8, 4) is 0 Å². The zero-order valence-electron chi connectivity index (χ0n) is 11.0. The Morgan fingerprint density at radius 1 is 1.39 bits per heavy atom. The summed E-state index contributed by atoms with van der Waals surface area (Å²) >= 11 is 0. The molecule has 0 radical (unpaired) electrons. The lowest BCUT2D eigenvalue weighted by Gasteiger charge is -2.36. The van der Waals surface area contributed by atoms with Gasteiger partial charge in [-0.25, -0.2) is 0 Å². The molecule has 2 aliphatic heterocycles. The Bertz CT molecular complexity index is 309. The van der Waals surface area contributed by atoms with Crippen LogP contribution in [-0.2, 0) is 14.3 Å². The number of hydrogen-bond donors (Lipinski definition) is 0. The third-order valence-electron chi connectivity index (χ3n) is 3.75. The molecule has 0 saturated carbocycles. The van der Waals surface area contributed by atoms with Crippen molar-refractivity contribution in [3.63, 3.8) is 0 Å². The highest BCUT2D eigenvalue weighted by Gasteiger charge is 2.27. The molecule has 0 bridgehead atoms. The van der Waals surface area contributed by atoms with Crippen LogP contribution < -0.4 is 0 Å². The number of amides is 1. The summed E-state index contributed by atoms with van der Waals surface area (Å²) in [6.07, 6.45) is 4.15. The van der Waals surface area contributed by atoms with Crippen molar-refractivity contribution in [2.24, 2.45) is 0 Å². The van der Waals surface area contributed by atoms with Gasteiger partial charge in [0.25, 0.3) is 0 Å². The molecule has 0 aromatic rings. The van der Waals surface area contributed by atoms with Crippen LogP contribution in [0.25, 0.3) is 0 Å². The number of ether oxygens (including phenoxy) is 1. The van der Waals surface area contributed by atoms with E-state index in [-0.39, 0.29) is 18.1 Å². The van der Waals surface area contributed by atoms with Crippen molar-refractivity contribution in [1.29, 1.82) is 0 Å². The molecule has 2 saturated heterocycles. The SMILES string of the molecule is CC1CN(C(=O)CN2CCCCC2C=O)CCO1. The van der Waals surface area contributed by atoms with Crippen LogP contribution >= 0.6 is 0 Å². The first-order valence-electron chi connectivity index (χ1n) is 6.79. The number of rotatable bonds is 3. The molecule has 0 aliphatic carbocycles. The fourth-order valence-electron chi connectivity index (χ4n) is 2.69. The molecule has 2 rings (SSSR count). The van der Waals surface area contributed by atoms with Crippen molar-refractivity contribution in [2.45, 2.75) is 38.3 Å². The number of aldehydes is 1. The Labute approximate surface area is 108 Å². The molecule has 2 heterocycles. The van der Waals surface area contributed by atoms with E-state index in [2.05, 4.69) is 0 Å². The van der Waals surface area contributed by atoms with E-state index in [1.807, 2.05) is 16.7 Å².